The van der Waals surface area contributed by atoms with E-state index >= 15 is 0 Å². The molecule has 0 amide bonds. The van der Waals surface area contributed by atoms with Crippen LogP contribution in [-0.4, -0.2) is 39.8 Å². The lowest BCUT2D eigenvalue weighted by Gasteiger charge is -2.28. The summed E-state index contributed by atoms with van der Waals surface area (Å²) in [6.07, 6.45) is 7.10. The first kappa shape index (κ1) is 19.4. The third kappa shape index (κ3) is 3.44. The summed E-state index contributed by atoms with van der Waals surface area (Å²) < 4.78 is 7.93. The number of methoxy groups -OCH3 is 1. The van der Waals surface area contributed by atoms with Crippen LogP contribution in [0.25, 0.3) is 0 Å². The monoisotopic (exact) mass is 398 g/mol. The van der Waals surface area contributed by atoms with Crippen molar-refractivity contribution in [2.45, 2.75) is 57.7 Å². The average molecular weight is 399 g/mol. The maximum absolute atomic E-state index is 5.72. The third-order valence-corrected chi connectivity index (χ3v) is 6.62. The number of nitrogens with zero attached hydrogens (tertiary/aromatic N) is 3. The Balaban J connectivity index is 1.76. The summed E-state index contributed by atoms with van der Waals surface area (Å²) in [5, 5.41) is 4.31. The zero-order valence-corrected chi connectivity index (χ0v) is 17.8. The van der Waals surface area contributed by atoms with E-state index in [1.54, 1.807) is 7.11 Å². The lowest BCUT2D eigenvalue weighted by atomic mass is 9.96. The Hall–Kier alpha value is -1.92. The van der Waals surface area contributed by atoms with Crippen molar-refractivity contribution in [3.05, 3.63) is 53.1 Å². The van der Waals surface area contributed by atoms with Crippen LogP contribution in [0.1, 0.15) is 66.5 Å². The molecule has 0 spiro atoms. The molecular formula is C22H30N4OS. The van der Waals surface area contributed by atoms with Gasteiger partial charge in [0.2, 0.25) is 0 Å². The Morgan fingerprint density at radius 3 is 2.71 bits per heavy atom. The summed E-state index contributed by atoms with van der Waals surface area (Å²) in [5.74, 6) is 0. The van der Waals surface area contributed by atoms with Gasteiger partial charge in [-0.15, -0.1) is 0 Å². The Kier molecular flexibility index (Phi) is 5.69. The fourth-order valence-corrected chi connectivity index (χ4v) is 5.33. The molecule has 0 bridgehead atoms. The van der Waals surface area contributed by atoms with Crippen LogP contribution in [0.15, 0.2) is 30.5 Å². The molecule has 2 aromatic rings. The Morgan fingerprint density at radius 1 is 1.25 bits per heavy atom. The molecule has 2 aliphatic rings. The zero-order valence-electron chi connectivity index (χ0n) is 17.0. The fourth-order valence-electron chi connectivity index (χ4n) is 5.00. The second-order valence-corrected chi connectivity index (χ2v) is 8.33. The summed E-state index contributed by atoms with van der Waals surface area (Å²) >= 11 is 5.72. The first-order chi connectivity index (χ1) is 13.6. The summed E-state index contributed by atoms with van der Waals surface area (Å²) in [6.45, 7) is 5.93. The lowest BCUT2D eigenvalue weighted by Crippen LogP contribution is -2.32. The predicted molar refractivity (Wildman–Crippen MR) is 115 cm³/mol. The number of ether oxygens (including phenoxy) is 1. The van der Waals surface area contributed by atoms with Crippen molar-refractivity contribution in [3.63, 3.8) is 0 Å². The first-order valence-corrected chi connectivity index (χ1v) is 10.7. The Morgan fingerprint density at radius 2 is 2.04 bits per heavy atom. The van der Waals surface area contributed by atoms with Gasteiger partial charge in [-0.05, 0) is 62.7 Å². The van der Waals surface area contributed by atoms with Gasteiger partial charge in [0.1, 0.15) is 0 Å². The molecule has 5 nitrogen and oxygen atoms in total. The van der Waals surface area contributed by atoms with Crippen LogP contribution < -0.4 is 5.32 Å². The van der Waals surface area contributed by atoms with Crippen LogP contribution in [0, 0.1) is 13.8 Å². The van der Waals surface area contributed by atoms with E-state index in [4.69, 9.17) is 17.0 Å². The zero-order chi connectivity index (χ0) is 19.7. The van der Waals surface area contributed by atoms with Crippen molar-refractivity contribution in [1.29, 1.82) is 0 Å². The van der Waals surface area contributed by atoms with Gasteiger partial charge >= 0.3 is 0 Å². The molecule has 150 valence electrons. The molecule has 28 heavy (non-hydrogen) atoms. The SMILES string of the molecule is COCCN1C(=S)N[C@@H](c2ccccn2)[C@@H]1c1cc(C)n(C2CCCC2)c1C. The molecule has 0 radical (unpaired) electrons. The van der Waals surface area contributed by atoms with E-state index in [1.807, 2.05) is 18.3 Å². The number of hydrogen-bond donors (Lipinski definition) is 1. The van der Waals surface area contributed by atoms with Gasteiger partial charge in [-0.25, -0.2) is 0 Å². The summed E-state index contributed by atoms with van der Waals surface area (Å²) in [5.41, 5.74) is 5.09. The highest BCUT2D eigenvalue weighted by Crippen LogP contribution is 2.42. The number of rotatable bonds is 6. The van der Waals surface area contributed by atoms with Crippen molar-refractivity contribution in [2.75, 3.05) is 20.3 Å². The van der Waals surface area contributed by atoms with E-state index in [0.717, 1.165) is 17.4 Å². The molecule has 2 atom stereocenters. The fraction of sp³-hybridized carbons (Fsp3) is 0.545. The minimum absolute atomic E-state index is 0.0445. The summed E-state index contributed by atoms with van der Waals surface area (Å²) in [6, 6.07) is 9.26. The van der Waals surface area contributed by atoms with E-state index < -0.39 is 0 Å². The van der Waals surface area contributed by atoms with Crippen molar-refractivity contribution < 1.29 is 4.74 Å². The predicted octanol–water partition coefficient (Wildman–Crippen LogP) is 4.23. The minimum atomic E-state index is 0.0445. The van der Waals surface area contributed by atoms with Gasteiger partial charge in [-0.2, -0.15) is 0 Å². The average Bonchev–Trinajstić information content (AvgIpc) is 3.39. The van der Waals surface area contributed by atoms with Crippen molar-refractivity contribution in [3.8, 4) is 0 Å². The van der Waals surface area contributed by atoms with Crippen molar-refractivity contribution in [1.82, 2.24) is 19.8 Å². The second-order valence-electron chi connectivity index (χ2n) is 7.95. The molecule has 1 N–H and O–H groups in total. The molecule has 2 fully saturated rings. The number of hydrogen-bond acceptors (Lipinski definition) is 3. The smallest absolute Gasteiger partial charge is 0.170 e. The van der Waals surface area contributed by atoms with E-state index in [1.165, 1.54) is 42.6 Å². The molecular weight excluding hydrogens is 368 g/mol. The quantitative estimate of drug-likeness (QED) is 0.738. The van der Waals surface area contributed by atoms with E-state index in [9.17, 15) is 0 Å². The molecule has 4 rings (SSSR count). The van der Waals surface area contributed by atoms with E-state index in [0.29, 0.717) is 12.6 Å². The maximum Gasteiger partial charge on any atom is 0.170 e. The van der Waals surface area contributed by atoms with Crippen LogP contribution in [-0.2, 0) is 4.74 Å². The number of pyridine rings is 1. The molecule has 1 aliphatic heterocycles. The number of thiocarbonyl (C=S) groups is 1. The van der Waals surface area contributed by atoms with E-state index in [-0.39, 0.29) is 12.1 Å². The Bertz CT molecular complexity index is 829. The molecule has 1 saturated carbocycles. The van der Waals surface area contributed by atoms with Gasteiger partial charge in [0.05, 0.1) is 24.4 Å². The molecule has 3 heterocycles. The molecule has 6 heteroatoms. The van der Waals surface area contributed by atoms with Gasteiger partial charge in [0.25, 0.3) is 0 Å². The highest BCUT2D eigenvalue weighted by Gasteiger charge is 2.41. The summed E-state index contributed by atoms with van der Waals surface area (Å²) in [4.78, 5) is 6.91. The molecule has 0 unspecified atom stereocenters. The van der Waals surface area contributed by atoms with Crippen molar-refractivity contribution >= 4 is 17.3 Å². The van der Waals surface area contributed by atoms with Crippen LogP contribution in [0.3, 0.4) is 0 Å². The second kappa shape index (κ2) is 8.21. The third-order valence-electron chi connectivity index (χ3n) is 6.27. The van der Waals surface area contributed by atoms with Gasteiger partial charge in [0, 0.05) is 37.3 Å². The lowest BCUT2D eigenvalue weighted by molar-refractivity contribution is 0.164. The normalized spacial score (nSPS) is 22.8. The Labute approximate surface area is 173 Å². The highest BCUT2D eigenvalue weighted by atomic mass is 32.1. The van der Waals surface area contributed by atoms with Crippen LogP contribution in [0.4, 0.5) is 0 Å². The van der Waals surface area contributed by atoms with Crippen molar-refractivity contribution in [2.24, 2.45) is 0 Å². The summed E-state index contributed by atoms with van der Waals surface area (Å²) in [7, 11) is 1.74. The van der Waals surface area contributed by atoms with Gasteiger partial charge in [0.15, 0.2) is 5.11 Å². The highest BCUT2D eigenvalue weighted by molar-refractivity contribution is 7.80. The number of aryl methyl sites for hydroxylation is 1. The number of nitrogens with one attached hydrogen (secondary N) is 1. The van der Waals surface area contributed by atoms with Crippen LogP contribution in [0.2, 0.25) is 0 Å². The van der Waals surface area contributed by atoms with Gasteiger partial charge in [-0.3, -0.25) is 4.98 Å². The topological polar surface area (TPSA) is 42.3 Å². The molecule has 1 saturated heterocycles. The molecule has 1 aliphatic carbocycles. The molecule has 2 aromatic heterocycles. The van der Waals surface area contributed by atoms with Gasteiger partial charge in [-0.1, -0.05) is 18.9 Å². The minimum Gasteiger partial charge on any atom is -0.383 e. The van der Waals surface area contributed by atoms with E-state index in [2.05, 4.69) is 45.7 Å². The maximum atomic E-state index is 5.72. The van der Waals surface area contributed by atoms with Crippen LogP contribution >= 0.6 is 12.2 Å². The first-order valence-electron chi connectivity index (χ1n) is 10.3. The standard InChI is InChI=1S/C22H30N4OS/c1-15-14-18(16(2)26(15)17-8-4-5-9-17)21-20(19-10-6-7-11-23-19)24-22(28)25(21)12-13-27-3/h6-7,10-11,14,17,20-21H,4-5,8-9,12-13H2,1-3H3,(H,24,28)/t20-,21-/m0/s1. The van der Waals surface area contributed by atoms with Gasteiger partial charge < -0.3 is 19.5 Å². The van der Waals surface area contributed by atoms with Crippen LogP contribution in [0.5, 0.6) is 0 Å². The molecule has 0 aromatic carbocycles. The number of aromatic nitrogens is 2. The largest absolute Gasteiger partial charge is 0.383 e.